The molecule has 1 aliphatic carbocycles. The van der Waals surface area contributed by atoms with Crippen molar-refractivity contribution in [2.75, 3.05) is 32.5 Å². The Hall–Kier alpha value is -0.820. The van der Waals surface area contributed by atoms with Crippen LogP contribution >= 0.6 is 24.0 Å². The van der Waals surface area contributed by atoms with Gasteiger partial charge in [-0.3, -0.25) is 4.99 Å². The molecule has 11 heteroatoms. The number of ether oxygens (including phenoxy) is 1. The molecular weight excluding hydrogens is 485 g/mol. The molecule has 0 aromatic carbocycles. The van der Waals surface area contributed by atoms with Crippen molar-refractivity contribution in [3.8, 4) is 0 Å². The fourth-order valence-corrected chi connectivity index (χ4v) is 4.44. The number of nitrogens with two attached hydrogens (primary N) is 1. The maximum absolute atomic E-state index is 11.7. The second kappa shape index (κ2) is 11.2. The molecule has 2 fully saturated rings. The average Bonchev–Trinajstić information content (AvgIpc) is 2.99. The Bertz CT molecular complexity index is 608. The highest BCUT2D eigenvalue weighted by molar-refractivity contribution is 14.0. The number of carbonyl (C=O) groups excluding carboxylic acids is 1. The van der Waals surface area contributed by atoms with Crippen LogP contribution in [0.2, 0.25) is 0 Å². The number of likely N-dealkylation sites (tertiary alicyclic amines) is 1. The third-order valence-electron chi connectivity index (χ3n) is 4.89. The largest absolute Gasteiger partial charge is 0.450 e. The monoisotopic (exact) mass is 517 g/mol. The third-order valence-corrected chi connectivity index (χ3v) is 5.62. The lowest BCUT2D eigenvalue weighted by molar-refractivity contribution is 0.0963. The van der Waals surface area contributed by atoms with Gasteiger partial charge < -0.3 is 20.7 Å². The lowest BCUT2D eigenvalue weighted by Gasteiger charge is -2.31. The molecule has 1 aliphatic heterocycles. The number of piperidine rings is 1. The number of hydrogen-bond donors (Lipinski definition) is 3. The minimum Gasteiger partial charge on any atom is -0.450 e. The smallest absolute Gasteiger partial charge is 0.409 e. The van der Waals surface area contributed by atoms with E-state index in [-0.39, 0.29) is 48.1 Å². The number of nitrogens with zero attached hydrogens (tertiary/aromatic N) is 2. The molecule has 0 radical (unpaired) electrons. The Morgan fingerprint density at radius 3 is 2.52 bits per heavy atom. The van der Waals surface area contributed by atoms with Crippen molar-refractivity contribution in [1.82, 2.24) is 14.9 Å². The molecule has 9 nitrogen and oxygen atoms in total. The van der Waals surface area contributed by atoms with Gasteiger partial charge >= 0.3 is 6.09 Å². The predicted molar refractivity (Wildman–Crippen MR) is 116 cm³/mol. The van der Waals surface area contributed by atoms with Crippen LogP contribution in [0.5, 0.6) is 0 Å². The number of aliphatic imine (C=N–C) groups is 1. The predicted octanol–water partition coefficient (Wildman–Crippen LogP) is 0.848. The first-order valence-electron chi connectivity index (χ1n) is 9.24. The highest BCUT2D eigenvalue weighted by Gasteiger charge is 2.29. The maximum Gasteiger partial charge on any atom is 0.409 e. The Morgan fingerprint density at radius 1 is 1.26 bits per heavy atom. The normalized spacial score (nSPS) is 24.4. The van der Waals surface area contributed by atoms with Crippen molar-refractivity contribution in [3.63, 3.8) is 0 Å². The molecule has 0 aromatic heterocycles. The molecule has 1 amide bonds. The molecular formula is C16H32IN5O4S. The summed E-state index contributed by atoms with van der Waals surface area (Å²) in [4.78, 5) is 17.8. The minimum absolute atomic E-state index is 0. The third kappa shape index (κ3) is 8.38. The van der Waals surface area contributed by atoms with E-state index in [1.54, 1.807) is 11.8 Å². The van der Waals surface area contributed by atoms with Gasteiger partial charge in [0.2, 0.25) is 10.0 Å². The Balaban J connectivity index is 0.00000364. The zero-order valence-electron chi connectivity index (χ0n) is 16.0. The molecule has 0 aromatic rings. The molecule has 0 bridgehead atoms. The van der Waals surface area contributed by atoms with Crippen LogP contribution in [0.25, 0.3) is 0 Å². The number of sulfonamides is 1. The summed E-state index contributed by atoms with van der Waals surface area (Å²) in [5, 5.41) is 3.21. The standard InChI is InChI=1S/C16H31N5O4S.HI/c1-3-25-16(22)21-9-7-13(8-10-21)19-15(17)18-11-12-5-4-6-14(12)20-26(2,23)24;/h12-14,20H,3-11H2,1-2H3,(H3,17,18,19);1H. The first-order chi connectivity index (χ1) is 12.3. The number of amides is 1. The van der Waals surface area contributed by atoms with Gasteiger partial charge in [0, 0.05) is 31.7 Å². The quantitative estimate of drug-likeness (QED) is 0.273. The lowest BCUT2D eigenvalue weighted by atomic mass is 10.1. The Morgan fingerprint density at radius 2 is 1.93 bits per heavy atom. The number of halogens is 1. The molecule has 1 saturated carbocycles. The molecule has 2 rings (SSSR count). The van der Waals surface area contributed by atoms with Gasteiger partial charge in [-0.15, -0.1) is 24.0 Å². The van der Waals surface area contributed by atoms with Crippen LogP contribution in [0.3, 0.4) is 0 Å². The highest BCUT2D eigenvalue weighted by atomic mass is 127. The van der Waals surface area contributed by atoms with Gasteiger partial charge in [0.05, 0.1) is 12.9 Å². The van der Waals surface area contributed by atoms with E-state index in [9.17, 15) is 13.2 Å². The van der Waals surface area contributed by atoms with Crippen molar-refractivity contribution < 1.29 is 17.9 Å². The maximum atomic E-state index is 11.7. The second-order valence-electron chi connectivity index (χ2n) is 7.02. The summed E-state index contributed by atoms with van der Waals surface area (Å²) in [5.41, 5.74) is 5.99. The van der Waals surface area contributed by atoms with E-state index in [1.165, 1.54) is 6.26 Å². The van der Waals surface area contributed by atoms with Gasteiger partial charge in [-0.1, -0.05) is 6.42 Å². The second-order valence-corrected chi connectivity index (χ2v) is 8.80. The molecule has 1 saturated heterocycles. The van der Waals surface area contributed by atoms with Gasteiger partial charge in [0.25, 0.3) is 0 Å². The summed E-state index contributed by atoms with van der Waals surface area (Å²) >= 11 is 0. The van der Waals surface area contributed by atoms with Crippen LogP contribution in [-0.2, 0) is 14.8 Å². The van der Waals surface area contributed by atoms with Gasteiger partial charge in [-0.2, -0.15) is 0 Å². The van der Waals surface area contributed by atoms with Crippen LogP contribution in [0.1, 0.15) is 39.0 Å². The molecule has 2 aliphatic rings. The fraction of sp³-hybridized carbons (Fsp3) is 0.875. The van der Waals surface area contributed by atoms with Crippen LogP contribution < -0.4 is 15.8 Å². The summed E-state index contributed by atoms with van der Waals surface area (Å²) in [5.74, 6) is 0.556. The Labute approximate surface area is 178 Å². The van der Waals surface area contributed by atoms with Crippen molar-refractivity contribution in [2.24, 2.45) is 16.6 Å². The fourth-order valence-electron chi connectivity index (χ4n) is 3.58. The topological polar surface area (TPSA) is 126 Å². The van der Waals surface area contributed by atoms with Crippen LogP contribution in [0.15, 0.2) is 4.99 Å². The van der Waals surface area contributed by atoms with Crippen molar-refractivity contribution in [2.45, 2.75) is 51.1 Å². The molecule has 158 valence electrons. The van der Waals surface area contributed by atoms with E-state index in [0.29, 0.717) is 32.2 Å². The van der Waals surface area contributed by atoms with Gasteiger partial charge in [-0.05, 0) is 38.5 Å². The van der Waals surface area contributed by atoms with Crippen LogP contribution in [0.4, 0.5) is 4.79 Å². The van der Waals surface area contributed by atoms with E-state index >= 15 is 0 Å². The molecule has 2 unspecified atom stereocenters. The van der Waals surface area contributed by atoms with Crippen LogP contribution in [-0.4, -0.2) is 70.0 Å². The summed E-state index contributed by atoms with van der Waals surface area (Å²) in [6, 6.07) is 0.118. The molecule has 4 N–H and O–H groups in total. The number of hydrogen-bond acceptors (Lipinski definition) is 5. The first-order valence-corrected chi connectivity index (χ1v) is 11.1. The van der Waals surface area contributed by atoms with Gasteiger partial charge in [0.15, 0.2) is 5.96 Å². The first kappa shape index (κ1) is 24.2. The molecule has 0 spiro atoms. The van der Waals surface area contributed by atoms with E-state index < -0.39 is 10.0 Å². The average molecular weight is 517 g/mol. The zero-order chi connectivity index (χ0) is 19.2. The lowest BCUT2D eigenvalue weighted by Crippen LogP contribution is -2.48. The van der Waals surface area contributed by atoms with Crippen LogP contribution in [0, 0.1) is 5.92 Å². The Kier molecular flexibility index (Phi) is 10.1. The van der Waals surface area contributed by atoms with E-state index in [0.717, 1.165) is 32.1 Å². The van der Waals surface area contributed by atoms with Gasteiger partial charge in [-0.25, -0.2) is 17.9 Å². The van der Waals surface area contributed by atoms with Crippen molar-refractivity contribution >= 4 is 46.1 Å². The zero-order valence-corrected chi connectivity index (χ0v) is 19.2. The minimum atomic E-state index is -3.21. The summed E-state index contributed by atoms with van der Waals surface area (Å²) in [6.45, 7) is 3.95. The highest BCUT2D eigenvalue weighted by Crippen LogP contribution is 2.26. The number of rotatable bonds is 6. The SMILES string of the molecule is CCOC(=O)N1CCC(NC(N)=NCC2CCCC2NS(C)(=O)=O)CC1.I. The summed E-state index contributed by atoms with van der Waals surface area (Å²) < 4.78 is 30.6. The van der Waals surface area contributed by atoms with Crippen molar-refractivity contribution in [3.05, 3.63) is 0 Å². The molecule has 2 atom stereocenters. The number of carbonyl (C=O) groups is 1. The molecule has 1 heterocycles. The summed E-state index contributed by atoms with van der Waals surface area (Å²) in [6.07, 6.45) is 5.28. The van der Waals surface area contributed by atoms with Crippen molar-refractivity contribution in [1.29, 1.82) is 0 Å². The number of guanidine groups is 1. The molecule has 27 heavy (non-hydrogen) atoms. The summed E-state index contributed by atoms with van der Waals surface area (Å²) in [7, 11) is -3.21. The van der Waals surface area contributed by atoms with E-state index in [2.05, 4.69) is 15.0 Å². The number of nitrogens with one attached hydrogen (secondary N) is 2. The van der Waals surface area contributed by atoms with Gasteiger partial charge in [0.1, 0.15) is 0 Å². The van der Waals surface area contributed by atoms with E-state index in [4.69, 9.17) is 10.5 Å². The van der Waals surface area contributed by atoms with E-state index in [1.807, 2.05) is 0 Å².